The Labute approximate surface area is 82.6 Å². The number of hydrogen-bond acceptors (Lipinski definition) is 3. The van der Waals surface area contributed by atoms with Gasteiger partial charge in [-0.3, -0.25) is 0 Å². The van der Waals surface area contributed by atoms with Crippen LogP contribution in [0.4, 0.5) is 0 Å². The van der Waals surface area contributed by atoms with Crippen molar-refractivity contribution >= 4 is 11.8 Å². The van der Waals surface area contributed by atoms with Crippen molar-refractivity contribution in [2.75, 3.05) is 0 Å². The van der Waals surface area contributed by atoms with Crippen molar-refractivity contribution in [3.63, 3.8) is 0 Å². The van der Waals surface area contributed by atoms with Gasteiger partial charge in [0, 0.05) is 10.1 Å². The topological polar surface area (TPSA) is 40.5 Å². The number of aliphatic hydroxyl groups excluding tert-OH is 1. The Morgan fingerprint density at radius 2 is 1.85 bits per heavy atom. The predicted octanol–water partition coefficient (Wildman–Crippen LogP) is 2.25. The van der Waals surface area contributed by atoms with E-state index in [1.165, 1.54) is 11.8 Å². The predicted molar refractivity (Wildman–Crippen MR) is 55.1 cm³/mol. The lowest BCUT2D eigenvalue weighted by Crippen LogP contribution is -2.14. The molecule has 2 atom stereocenters. The maximum atomic E-state index is 9.44. The smallest absolute Gasteiger partial charge is 0.129 e. The zero-order chi connectivity index (χ0) is 9.84. The molecule has 0 aromatic heterocycles. The maximum absolute atomic E-state index is 9.44. The quantitative estimate of drug-likeness (QED) is 0.732. The summed E-state index contributed by atoms with van der Waals surface area (Å²) < 4.78 is 0. The van der Waals surface area contributed by atoms with Crippen LogP contribution in [0.3, 0.4) is 0 Å². The highest BCUT2D eigenvalue weighted by atomic mass is 32.2. The van der Waals surface area contributed by atoms with Gasteiger partial charge in [-0.05, 0) is 19.1 Å². The van der Waals surface area contributed by atoms with E-state index < -0.39 is 0 Å². The van der Waals surface area contributed by atoms with Crippen molar-refractivity contribution in [2.24, 2.45) is 0 Å². The second-order valence-corrected chi connectivity index (χ2v) is 4.45. The molecule has 3 heteroatoms. The van der Waals surface area contributed by atoms with E-state index in [2.05, 4.69) is 0 Å². The molecule has 0 aliphatic heterocycles. The molecule has 0 saturated heterocycles. The van der Waals surface area contributed by atoms with Gasteiger partial charge in [0.15, 0.2) is 0 Å². The Morgan fingerprint density at radius 1 is 1.23 bits per heavy atom. The fourth-order valence-corrected chi connectivity index (χ4v) is 1.80. The summed E-state index contributed by atoms with van der Waals surface area (Å²) in [6.07, 6.45) is -0.371. The lowest BCUT2D eigenvalue weighted by Gasteiger charge is -2.14. The number of para-hydroxylation sites is 1. The highest BCUT2D eigenvalue weighted by molar-refractivity contribution is 8.00. The first-order valence-corrected chi connectivity index (χ1v) is 5.12. The van der Waals surface area contributed by atoms with Gasteiger partial charge in [-0.2, -0.15) is 0 Å². The summed E-state index contributed by atoms with van der Waals surface area (Å²) in [5.74, 6) is 0.278. The number of phenols is 1. The third-order valence-corrected chi connectivity index (χ3v) is 3.22. The van der Waals surface area contributed by atoms with Crippen LogP contribution in [0.2, 0.25) is 0 Å². The molecule has 0 aliphatic rings. The fourth-order valence-electron chi connectivity index (χ4n) is 0.856. The molecule has 0 aliphatic carbocycles. The average molecular weight is 198 g/mol. The summed E-state index contributed by atoms with van der Waals surface area (Å²) in [7, 11) is 0. The molecule has 0 bridgehead atoms. The lowest BCUT2D eigenvalue weighted by atomic mass is 10.3. The van der Waals surface area contributed by atoms with E-state index >= 15 is 0 Å². The van der Waals surface area contributed by atoms with E-state index in [1.54, 1.807) is 19.1 Å². The number of aliphatic hydroxyl groups is 1. The average Bonchev–Trinajstić information content (AvgIpc) is 2.08. The molecule has 0 heterocycles. The minimum absolute atomic E-state index is 0.0910. The van der Waals surface area contributed by atoms with Crippen molar-refractivity contribution in [2.45, 2.75) is 30.1 Å². The summed E-state index contributed by atoms with van der Waals surface area (Å²) >= 11 is 1.48. The molecule has 1 aromatic carbocycles. The van der Waals surface area contributed by atoms with Gasteiger partial charge in [0.05, 0.1) is 6.10 Å². The zero-order valence-corrected chi connectivity index (χ0v) is 8.58. The third-order valence-electron chi connectivity index (χ3n) is 1.86. The van der Waals surface area contributed by atoms with Crippen LogP contribution in [0.1, 0.15) is 13.8 Å². The number of hydrogen-bond donors (Lipinski definition) is 2. The standard InChI is InChI=1S/C10H14O2S/c1-7(11)8(2)13-10-6-4-3-5-9(10)12/h3-8,11-12H,1-2H3. The van der Waals surface area contributed by atoms with Gasteiger partial charge in [-0.1, -0.05) is 19.1 Å². The summed E-state index contributed by atoms with van der Waals surface area (Å²) in [5.41, 5.74) is 0. The molecule has 2 N–H and O–H groups in total. The number of aromatic hydroxyl groups is 1. The molecule has 2 nitrogen and oxygen atoms in total. The van der Waals surface area contributed by atoms with Gasteiger partial charge >= 0.3 is 0 Å². The summed E-state index contributed by atoms with van der Waals surface area (Å²) in [5, 5.41) is 18.8. The van der Waals surface area contributed by atoms with Crippen molar-refractivity contribution in [1.82, 2.24) is 0 Å². The van der Waals surface area contributed by atoms with Gasteiger partial charge in [-0.25, -0.2) is 0 Å². The normalized spacial score (nSPS) is 15.3. The molecule has 13 heavy (non-hydrogen) atoms. The maximum Gasteiger partial charge on any atom is 0.129 e. The van der Waals surface area contributed by atoms with Crippen LogP contribution in [0.5, 0.6) is 5.75 Å². The van der Waals surface area contributed by atoms with Crippen LogP contribution in [0, 0.1) is 0 Å². The van der Waals surface area contributed by atoms with Crippen LogP contribution in [0.15, 0.2) is 29.2 Å². The minimum atomic E-state index is -0.371. The SMILES string of the molecule is CC(O)C(C)Sc1ccccc1O. The highest BCUT2D eigenvalue weighted by Gasteiger charge is 2.11. The monoisotopic (exact) mass is 198 g/mol. The molecule has 72 valence electrons. The van der Waals surface area contributed by atoms with Crippen molar-refractivity contribution in [3.8, 4) is 5.75 Å². The Balaban J connectivity index is 2.69. The van der Waals surface area contributed by atoms with Gasteiger partial charge in [-0.15, -0.1) is 11.8 Å². The summed E-state index contributed by atoms with van der Waals surface area (Å²) in [6, 6.07) is 7.15. The molecule has 0 spiro atoms. The van der Waals surface area contributed by atoms with E-state index in [-0.39, 0.29) is 17.1 Å². The van der Waals surface area contributed by atoms with Gasteiger partial charge in [0.1, 0.15) is 5.75 Å². The minimum Gasteiger partial charge on any atom is -0.507 e. The Kier molecular flexibility index (Phi) is 3.63. The van der Waals surface area contributed by atoms with E-state index in [1.807, 2.05) is 19.1 Å². The molecular formula is C10H14O2S. The molecule has 2 unspecified atom stereocenters. The van der Waals surface area contributed by atoms with Gasteiger partial charge in [0.2, 0.25) is 0 Å². The van der Waals surface area contributed by atoms with Gasteiger partial charge in [0.25, 0.3) is 0 Å². The molecule has 0 radical (unpaired) electrons. The van der Waals surface area contributed by atoms with E-state index in [4.69, 9.17) is 0 Å². The second-order valence-electron chi connectivity index (χ2n) is 3.03. The summed E-state index contributed by atoms with van der Waals surface area (Å²) in [4.78, 5) is 0.816. The number of rotatable bonds is 3. The first kappa shape index (κ1) is 10.4. The molecule has 0 amide bonds. The van der Waals surface area contributed by atoms with E-state index in [9.17, 15) is 10.2 Å². The number of thioether (sulfide) groups is 1. The van der Waals surface area contributed by atoms with E-state index in [0.29, 0.717) is 0 Å². The van der Waals surface area contributed by atoms with Crippen LogP contribution < -0.4 is 0 Å². The zero-order valence-electron chi connectivity index (χ0n) is 7.77. The van der Waals surface area contributed by atoms with Crippen LogP contribution in [-0.2, 0) is 0 Å². The van der Waals surface area contributed by atoms with Crippen LogP contribution >= 0.6 is 11.8 Å². The number of benzene rings is 1. The Morgan fingerprint density at radius 3 is 2.38 bits per heavy atom. The van der Waals surface area contributed by atoms with Crippen LogP contribution in [0.25, 0.3) is 0 Å². The molecule has 0 fully saturated rings. The Bertz CT molecular complexity index is 273. The summed E-state index contributed by atoms with van der Waals surface area (Å²) in [6.45, 7) is 3.68. The Hall–Kier alpha value is -0.670. The largest absolute Gasteiger partial charge is 0.507 e. The second kappa shape index (κ2) is 4.53. The van der Waals surface area contributed by atoms with Gasteiger partial charge < -0.3 is 10.2 Å². The molecule has 1 aromatic rings. The third kappa shape index (κ3) is 2.94. The van der Waals surface area contributed by atoms with Crippen molar-refractivity contribution < 1.29 is 10.2 Å². The molecule has 0 saturated carbocycles. The first-order valence-electron chi connectivity index (χ1n) is 4.24. The molecule has 1 rings (SSSR count). The lowest BCUT2D eigenvalue weighted by molar-refractivity contribution is 0.196. The van der Waals surface area contributed by atoms with Crippen LogP contribution in [-0.4, -0.2) is 21.6 Å². The van der Waals surface area contributed by atoms with Crippen molar-refractivity contribution in [3.05, 3.63) is 24.3 Å². The number of phenolic OH excluding ortho intramolecular Hbond substituents is 1. The fraction of sp³-hybridized carbons (Fsp3) is 0.400. The highest BCUT2D eigenvalue weighted by Crippen LogP contribution is 2.31. The van der Waals surface area contributed by atoms with Crippen molar-refractivity contribution in [1.29, 1.82) is 0 Å². The molecular weight excluding hydrogens is 184 g/mol. The first-order chi connectivity index (χ1) is 6.11. The van der Waals surface area contributed by atoms with E-state index in [0.717, 1.165) is 4.90 Å².